The van der Waals surface area contributed by atoms with Gasteiger partial charge in [0.1, 0.15) is 12.4 Å². The number of H-pyrrole nitrogens is 1. The predicted octanol–water partition coefficient (Wildman–Crippen LogP) is 0.119. The molecule has 5 nitrogen and oxygen atoms in total. The first kappa shape index (κ1) is 8.65. The molecule has 0 bridgehead atoms. The Morgan fingerprint density at radius 3 is 2.92 bits per heavy atom. The first-order chi connectivity index (χ1) is 6.24. The van der Waals surface area contributed by atoms with E-state index in [1.54, 1.807) is 0 Å². The molecule has 5 heteroatoms. The van der Waals surface area contributed by atoms with E-state index in [2.05, 4.69) is 15.2 Å². The summed E-state index contributed by atoms with van der Waals surface area (Å²) in [6.07, 6.45) is 2.24. The highest BCUT2D eigenvalue weighted by atomic mass is 16.5. The molecule has 0 aliphatic heterocycles. The summed E-state index contributed by atoms with van der Waals surface area (Å²) in [6, 6.07) is 0.332. The summed E-state index contributed by atoms with van der Waals surface area (Å²) >= 11 is 0. The molecule has 1 heterocycles. The van der Waals surface area contributed by atoms with E-state index in [4.69, 9.17) is 10.5 Å². The van der Waals surface area contributed by atoms with Gasteiger partial charge in [-0.05, 0) is 19.8 Å². The van der Waals surface area contributed by atoms with Crippen molar-refractivity contribution in [3.8, 4) is 0 Å². The third-order valence-electron chi connectivity index (χ3n) is 2.22. The Labute approximate surface area is 76.7 Å². The molecular weight excluding hydrogens is 168 g/mol. The van der Waals surface area contributed by atoms with E-state index in [0.717, 1.165) is 24.5 Å². The largest absolute Gasteiger partial charge is 0.370 e. The molecule has 72 valence electrons. The molecule has 3 N–H and O–H groups in total. The maximum absolute atomic E-state index is 5.62. The molecule has 0 spiro atoms. The van der Waals surface area contributed by atoms with Crippen LogP contribution in [-0.4, -0.2) is 27.3 Å². The van der Waals surface area contributed by atoms with Gasteiger partial charge in [-0.25, -0.2) is 4.98 Å². The lowest BCUT2D eigenvalue weighted by Crippen LogP contribution is -2.41. The van der Waals surface area contributed by atoms with Crippen LogP contribution in [0.15, 0.2) is 0 Å². The summed E-state index contributed by atoms with van der Waals surface area (Å²) in [7, 11) is 0. The van der Waals surface area contributed by atoms with E-state index in [1.165, 1.54) is 0 Å². The molecule has 0 unspecified atom stereocenters. The zero-order valence-corrected chi connectivity index (χ0v) is 7.66. The second-order valence-electron chi connectivity index (χ2n) is 3.50. The standard InChI is InChI=1S/C8H14N4O/c1-5-10-8(12-11-5)4-13-7-2-6(9)3-7/h6-7H,2-4,9H2,1H3,(H,10,11,12). The summed E-state index contributed by atoms with van der Waals surface area (Å²) in [6.45, 7) is 2.36. The zero-order valence-electron chi connectivity index (χ0n) is 7.66. The lowest BCUT2D eigenvalue weighted by Gasteiger charge is -2.31. The molecule has 2 rings (SSSR count). The van der Waals surface area contributed by atoms with Crippen LogP contribution in [0.4, 0.5) is 0 Å². The normalized spacial score (nSPS) is 27.2. The highest BCUT2D eigenvalue weighted by Crippen LogP contribution is 2.21. The fourth-order valence-corrected chi connectivity index (χ4v) is 1.39. The molecule has 1 aliphatic rings. The number of nitrogens with two attached hydrogens (primary N) is 1. The molecular formula is C8H14N4O. The number of nitrogens with zero attached hydrogens (tertiary/aromatic N) is 2. The van der Waals surface area contributed by atoms with Crippen molar-refractivity contribution in [2.45, 2.75) is 38.5 Å². The molecule has 0 saturated heterocycles. The Hall–Kier alpha value is -0.940. The highest BCUT2D eigenvalue weighted by Gasteiger charge is 2.26. The van der Waals surface area contributed by atoms with Gasteiger partial charge >= 0.3 is 0 Å². The Morgan fingerprint density at radius 1 is 1.62 bits per heavy atom. The van der Waals surface area contributed by atoms with Crippen LogP contribution in [0.5, 0.6) is 0 Å². The predicted molar refractivity (Wildman–Crippen MR) is 46.9 cm³/mol. The van der Waals surface area contributed by atoms with E-state index in [9.17, 15) is 0 Å². The van der Waals surface area contributed by atoms with Crippen molar-refractivity contribution in [1.29, 1.82) is 0 Å². The smallest absolute Gasteiger partial charge is 0.176 e. The van der Waals surface area contributed by atoms with Crippen LogP contribution in [0.25, 0.3) is 0 Å². The van der Waals surface area contributed by atoms with Gasteiger partial charge in [-0.3, -0.25) is 5.10 Å². The quantitative estimate of drug-likeness (QED) is 0.696. The lowest BCUT2D eigenvalue weighted by atomic mass is 9.90. The molecule has 1 aromatic heterocycles. The molecule has 0 radical (unpaired) electrons. The minimum Gasteiger partial charge on any atom is -0.370 e. The summed E-state index contributed by atoms with van der Waals surface area (Å²) < 4.78 is 5.52. The van der Waals surface area contributed by atoms with Gasteiger partial charge in [-0.15, -0.1) is 0 Å². The lowest BCUT2D eigenvalue weighted by molar-refractivity contribution is -0.0215. The summed E-state index contributed by atoms with van der Waals surface area (Å²) in [5.74, 6) is 1.54. The van der Waals surface area contributed by atoms with Crippen molar-refractivity contribution in [2.75, 3.05) is 0 Å². The van der Waals surface area contributed by atoms with E-state index >= 15 is 0 Å². The van der Waals surface area contributed by atoms with Gasteiger partial charge in [0, 0.05) is 6.04 Å². The fourth-order valence-electron chi connectivity index (χ4n) is 1.39. The average molecular weight is 182 g/mol. The monoisotopic (exact) mass is 182 g/mol. The van der Waals surface area contributed by atoms with Gasteiger partial charge < -0.3 is 10.5 Å². The first-order valence-corrected chi connectivity index (χ1v) is 4.49. The second-order valence-corrected chi connectivity index (χ2v) is 3.50. The number of aromatic amines is 1. The van der Waals surface area contributed by atoms with E-state index in [1.807, 2.05) is 6.92 Å². The van der Waals surface area contributed by atoms with Gasteiger partial charge in [-0.2, -0.15) is 5.10 Å². The number of ether oxygens (including phenoxy) is 1. The van der Waals surface area contributed by atoms with Gasteiger partial charge in [0.2, 0.25) is 0 Å². The number of rotatable bonds is 3. The summed E-state index contributed by atoms with van der Waals surface area (Å²) in [5, 5.41) is 6.74. The van der Waals surface area contributed by atoms with Crippen LogP contribution in [0.3, 0.4) is 0 Å². The number of aryl methyl sites for hydroxylation is 1. The highest BCUT2D eigenvalue weighted by molar-refractivity contribution is 4.87. The molecule has 0 atom stereocenters. The summed E-state index contributed by atoms with van der Waals surface area (Å²) in [4.78, 5) is 4.14. The second kappa shape index (κ2) is 3.43. The third kappa shape index (κ3) is 2.05. The van der Waals surface area contributed by atoms with Gasteiger partial charge in [0.25, 0.3) is 0 Å². The SMILES string of the molecule is Cc1nc(COC2CC(N)C2)n[nH]1. The van der Waals surface area contributed by atoms with Gasteiger partial charge in [0.05, 0.1) is 6.10 Å². The van der Waals surface area contributed by atoms with Gasteiger partial charge in [-0.1, -0.05) is 0 Å². The van der Waals surface area contributed by atoms with E-state index < -0.39 is 0 Å². The maximum Gasteiger partial charge on any atom is 0.176 e. The Morgan fingerprint density at radius 2 is 2.38 bits per heavy atom. The fraction of sp³-hybridized carbons (Fsp3) is 0.750. The van der Waals surface area contributed by atoms with Crippen molar-refractivity contribution in [2.24, 2.45) is 5.73 Å². The molecule has 0 amide bonds. The Kier molecular flexibility index (Phi) is 2.28. The maximum atomic E-state index is 5.62. The average Bonchev–Trinajstić information content (AvgIpc) is 2.43. The van der Waals surface area contributed by atoms with Crippen LogP contribution in [0.2, 0.25) is 0 Å². The van der Waals surface area contributed by atoms with Crippen LogP contribution in [0.1, 0.15) is 24.5 Å². The minimum absolute atomic E-state index is 0.314. The first-order valence-electron chi connectivity index (χ1n) is 4.49. The molecule has 13 heavy (non-hydrogen) atoms. The number of aromatic nitrogens is 3. The van der Waals surface area contributed by atoms with Crippen molar-refractivity contribution in [3.63, 3.8) is 0 Å². The van der Waals surface area contributed by atoms with Crippen molar-refractivity contribution in [3.05, 3.63) is 11.6 Å². The minimum atomic E-state index is 0.314. The van der Waals surface area contributed by atoms with Crippen LogP contribution >= 0.6 is 0 Å². The molecule has 1 aliphatic carbocycles. The number of nitrogens with one attached hydrogen (secondary N) is 1. The van der Waals surface area contributed by atoms with Crippen molar-refractivity contribution in [1.82, 2.24) is 15.2 Å². The van der Waals surface area contributed by atoms with Crippen molar-refractivity contribution >= 4 is 0 Å². The topological polar surface area (TPSA) is 76.8 Å². The van der Waals surface area contributed by atoms with Crippen LogP contribution < -0.4 is 5.73 Å². The summed E-state index contributed by atoms with van der Waals surface area (Å²) in [5.41, 5.74) is 5.62. The third-order valence-corrected chi connectivity index (χ3v) is 2.22. The molecule has 0 aromatic carbocycles. The van der Waals surface area contributed by atoms with Crippen LogP contribution in [0, 0.1) is 6.92 Å². The molecule has 1 fully saturated rings. The zero-order chi connectivity index (χ0) is 9.26. The van der Waals surface area contributed by atoms with Gasteiger partial charge in [0.15, 0.2) is 5.82 Å². The van der Waals surface area contributed by atoms with Crippen LogP contribution in [-0.2, 0) is 11.3 Å². The number of hydrogen-bond donors (Lipinski definition) is 2. The number of hydrogen-bond acceptors (Lipinski definition) is 4. The Bertz CT molecular complexity index is 279. The van der Waals surface area contributed by atoms with Crippen molar-refractivity contribution < 1.29 is 4.74 Å². The Balaban J connectivity index is 1.74. The van der Waals surface area contributed by atoms with E-state index in [-0.39, 0.29) is 0 Å². The molecule has 1 saturated carbocycles. The molecule has 1 aromatic rings. The van der Waals surface area contributed by atoms with E-state index in [0.29, 0.717) is 18.8 Å².